The smallest absolute Gasteiger partial charge is 0.318 e. The molecule has 18 heavy (non-hydrogen) atoms. The van der Waals surface area contributed by atoms with Crippen LogP contribution < -0.4 is 10.1 Å². The van der Waals surface area contributed by atoms with Crippen LogP contribution in [0.1, 0.15) is 27.7 Å². The molecular weight excluding hydrogens is 250 g/mol. The number of ether oxygens (including phenoxy) is 1. The number of anilines is 1. The first-order valence-corrected chi connectivity index (χ1v) is 6.49. The van der Waals surface area contributed by atoms with Crippen molar-refractivity contribution < 1.29 is 4.74 Å². The fraction of sp³-hybridized carbons (Fsp3) is 0.692. The third kappa shape index (κ3) is 2.03. The number of aromatic nitrogens is 2. The molecule has 1 aromatic heterocycles. The molecule has 4 nitrogen and oxygen atoms in total. The zero-order chi connectivity index (χ0) is 13.6. The summed E-state index contributed by atoms with van der Waals surface area (Å²) in [7, 11) is 1.54. The van der Waals surface area contributed by atoms with E-state index in [2.05, 4.69) is 43.0 Å². The summed E-state index contributed by atoms with van der Waals surface area (Å²) in [5.74, 6) is 1.25. The lowest BCUT2D eigenvalue weighted by atomic mass is 10.0. The Morgan fingerprint density at radius 1 is 1.33 bits per heavy atom. The van der Waals surface area contributed by atoms with E-state index >= 15 is 0 Å². The lowest BCUT2D eigenvalue weighted by Crippen LogP contribution is -2.10. The second-order valence-electron chi connectivity index (χ2n) is 5.93. The van der Waals surface area contributed by atoms with E-state index < -0.39 is 0 Å². The Bertz CT molecular complexity index is 446. The molecule has 0 amide bonds. The number of hydrogen-bond donors (Lipinski definition) is 1. The normalized spacial score (nSPS) is 20.6. The van der Waals surface area contributed by atoms with Crippen LogP contribution in [0.4, 0.5) is 5.82 Å². The SMILES string of the molecule is COc1ncc(Cl)c(NCC2C(C)(C)C2(C)C)n1. The Morgan fingerprint density at radius 3 is 2.44 bits per heavy atom. The molecule has 2 rings (SSSR count). The van der Waals surface area contributed by atoms with E-state index in [1.807, 2.05) is 0 Å². The van der Waals surface area contributed by atoms with Gasteiger partial charge in [0, 0.05) is 6.54 Å². The van der Waals surface area contributed by atoms with Crippen molar-refractivity contribution >= 4 is 17.4 Å². The molecule has 1 fully saturated rings. The number of methoxy groups -OCH3 is 1. The number of nitrogens with zero attached hydrogens (tertiary/aromatic N) is 2. The molecule has 1 aromatic rings. The third-order valence-electron chi connectivity index (χ3n) is 4.70. The van der Waals surface area contributed by atoms with Crippen LogP contribution >= 0.6 is 11.6 Å². The third-order valence-corrected chi connectivity index (χ3v) is 4.97. The van der Waals surface area contributed by atoms with Crippen molar-refractivity contribution in [1.29, 1.82) is 0 Å². The Labute approximate surface area is 113 Å². The van der Waals surface area contributed by atoms with Gasteiger partial charge in [-0.25, -0.2) is 4.98 Å². The van der Waals surface area contributed by atoms with Crippen molar-refractivity contribution in [1.82, 2.24) is 9.97 Å². The van der Waals surface area contributed by atoms with Gasteiger partial charge in [-0.15, -0.1) is 0 Å². The van der Waals surface area contributed by atoms with E-state index in [9.17, 15) is 0 Å². The average Bonchev–Trinajstić information content (AvgIpc) is 2.69. The summed E-state index contributed by atoms with van der Waals surface area (Å²) in [4.78, 5) is 8.16. The highest BCUT2D eigenvalue weighted by Gasteiger charge is 2.64. The minimum atomic E-state index is 0.330. The van der Waals surface area contributed by atoms with Gasteiger partial charge in [-0.1, -0.05) is 39.3 Å². The first-order chi connectivity index (χ1) is 8.30. The fourth-order valence-corrected chi connectivity index (χ4v) is 2.77. The van der Waals surface area contributed by atoms with Crippen molar-refractivity contribution in [3.05, 3.63) is 11.2 Å². The van der Waals surface area contributed by atoms with Crippen LogP contribution in [0, 0.1) is 16.7 Å². The molecule has 1 aliphatic carbocycles. The second-order valence-corrected chi connectivity index (χ2v) is 6.34. The summed E-state index contributed by atoms with van der Waals surface area (Å²) in [6.45, 7) is 10.0. The van der Waals surface area contributed by atoms with Crippen LogP contribution in [0.2, 0.25) is 5.02 Å². The predicted octanol–water partition coefficient (Wildman–Crippen LogP) is 3.23. The topological polar surface area (TPSA) is 47.0 Å². The van der Waals surface area contributed by atoms with Crippen molar-refractivity contribution in [3.63, 3.8) is 0 Å². The number of halogens is 1. The quantitative estimate of drug-likeness (QED) is 0.912. The zero-order valence-electron chi connectivity index (χ0n) is 11.5. The lowest BCUT2D eigenvalue weighted by Gasteiger charge is -2.09. The first-order valence-electron chi connectivity index (χ1n) is 6.11. The summed E-state index contributed by atoms with van der Waals surface area (Å²) in [6.07, 6.45) is 1.55. The van der Waals surface area contributed by atoms with Gasteiger partial charge in [0.15, 0.2) is 5.82 Å². The molecule has 5 heteroatoms. The highest BCUT2D eigenvalue weighted by molar-refractivity contribution is 6.32. The highest BCUT2D eigenvalue weighted by Crippen LogP contribution is 2.68. The van der Waals surface area contributed by atoms with Gasteiger partial charge in [-0.3, -0.25) is 0 Å². The number of nitrogens with one attached hydrogen (secondary N) is 1. The Kier molecular flexibility index (Phi) is 3.18. The molecule has 0 atom stereocenters. The summed E-state index contributed by atoms with van der Waals surface area (Å²) in [6, 6.07) is 0.330. The minimum Gasteiger partial charge on any atom is -0.467 e. The van der Waals surface area contributed by atoms with Crippen molar-refractivity contribution in [2.75, 3.05) is 19.0 Å². The molecule has 0 radical (unpaired) electrons. The number of rotatable bonds is 4. The Balaban J connectivity index is 2.04. The molecule has 1 aliphatic rings. The van der Waals surface area contributed by atoms with Gasteiger partial charge in [0.05, 0.1) is 13.3 Å². The monoisotopic (exact) mass is 269 g/mol. The van der Waals surface area contributed by atoms with Gasteiger partial charge in [-0.2, -0.15) is 4.98 Å². The van der Waals surface area contributed by atoms with Gasteiger partial charge in [-0.05, 0) is 16.7 Å². The number of hydrogen-bond acceptors (Lipinski definition) is 4. The van der Waals surface area contributed by atoms with Crippen LogP contribution in [-0.2, 0) is 0 Å². The van der Waals surface area contributed by atoms with E-state index in [0.29, 0.717) is 33.6 Å². The molecule has 0 saturated heterocycles. The highest BCUT2D eigenvalue weighted by atomic mass is 35.5. The lowest BCUT2D eigenvalue weighted by molar-refractivity contribution is 0.380. The van der Waals surface area contributed by atoms with Crippen molar-refractivity contribution in [2.45, 2.75) is 27.7 Å². The van der Waals surface area contributed by atoms with Crippen LogP contribution in [0.3, 0.4) is 0 Å². The largest absolute Gasteiger partial charge is 0.467 e. The van der Waals surface area contributed by atoms with Crippen LogP contribution in [0.5, 0.6) is 6.01 Å². The maximum absolute atomic E-state index is 6.06. The molecule has 100 valence electrons. The second kappa shape index (κ2) is 4.26. The van der Waals surface area contributed by atoms with Crippen molar-refractivity contribution in [2.24, 2.45) is 16.7 Å². The molecule has 0 aromatic carbocycles. The van der Waals surface area contributed by atoms with Gasteiger partial charge < -0.3 is 10.1 Å². The maximum atomic E-state index is 6.06. The Morgan fingerprint density at radius 2 is 1.94 bits per heavy atom. The van der Waals surface area contributed by atoms with E-state index in [0.717, 1.165) is 6.54 Å². The zero-order valence-corrected chi connectivity index (χ0v) is 12.3. The summed E-state index contributed by atoms with van der Waals surface area (Å²) in [5, 5.41) is 3.82. The minimum absolute atomic E-state index is 0.330. The summed E-state index contributed by atoms with van der Waals surface area (Å²) in [5.41, 5.74) is 0.702. The maximum Gasteiger partial charge on any atom is 0.318 e. The average molecular weight is 270 g/mol. The van der Waals surface area contributed by atoms with E-state index in [1.54, 1.807) is 13.3 Å². The van der Waals surface area contributed by atoms with E-state index in [-0.39, 0.29) is 0 Å². The molecule has 1 heterocycles. The van der Waals surface area contributed by atoms with Crippen LogP contribution in [0.15, 0.2) is 6.20 Å². The van der Waals surface area contributed by atoms with Gasteiger partial charge in [0.2, 0.25) is 0 Å². The molecule has 1 saturated carbocycles. The van der Waals surface area contributed by atoms with Gasteiger partial charge >= 0.3 is 6.01 Å². The van der Waals surface area contributed by atoms with Crippen LogP contribution in [0.25, 0.3) is 0 Å². The summed E-state index contributed by atoms with van der Waals surface area (Å²) < 4.78 is 4.99. The fourth-order valence-electron chi connectivity index (χ4n) is 2.62. The van der Waals surface area contributed by atoms with E-state index in [1.165, 1.54) is 0 Å². The van der Waals surface area contributed by atoms with E-state index in [4.69, 9.17) is 16.3 Å². The molecule has 0 aliphatic heterocycles. The standard InChI is InChI=1S/C13H20ClN3O/c1-12(2)9(13(12,3)4)7-15-10-8(14)6-16-11(17-10)18-5/h6,9H,7H2,1-5H3,(H,15,16,17). The molecule has 0 unspecified atom stereocenters. The first kappa shape index (κ1) is 13.4. The van der Waals surface area contributed by atoms with Gasteiger partial charge in [0.1, 0.15) is 5.02 Å². The summed E-state index contributed by atoms with van der Waals surface area (Å²) >= 11 is 6.06. The molecule has 0 spiro atoms. The predicted molar refractivity (Wildman–Crippen MR) is 73.1 cm³/mol. The molecule has 1 N–H and O–H groups in total. The van der Waals surface area contributed by atoms with Gasteiger partial charge in [0.25, 0.3) is 0 Å². The van der Waals surface area contributed by atoms with Crippen molar-refractivity contribution in [3.8, 4) is 6.01 Å². The van der Waals surface area contributed by atoms with Crippen LogP contribution in [-0.4, -0.2) is 23.6 Å². The molecule has 0 bridgehead atoms. The Hall–Kier alpha value is -1.03. The molecular formula is C13H20ClN3O.